The number of aliphatic hydroxyl groups is 1. The highest BCUT2D eigenvalue weighted by molar-refractivity contribution is 6.31. The maximum atomic E-state index is 11.9. The van der Waals surface area contributed by atoms with Crippen LogP contribution in [-0.2, 0) is 0 Å². The molecule has 0 aliphatic rings. The zero-order valence-electron chi connectivity index (χ0n) is 10.6. The fraction of sp³-hybridized carbons (Fsp3) is 0.417. The van der Waals surface area contributed by atoms with Gasteiger partial charge >= 0.3 is 0 Å². The van der Waals surface area contributed by atoms with Gasteiger partial charge in [0.1, 0.15) is 0 Å². The minimum atomic E-state index is -0.616. The van der Waals surface area contributed by atoms with Gasteiger partial charge in [-0.2, -0.15) is 0 Å². The summed E-state index contributed by atoms with van der Waals surface area (Å²) >= 11 is 5.74. The number of carbonyl (C=O) groups is 1. The van der Waals surface area contributed by atoms with Crippen molar-refractivity contribution in [2.75, 3.05) is 6.61 Å². The molecule has 1 amide bonds. The van der Waals surface area contributed by atoms with Crippen LogP contribution in [0, 0.1) is 16.0 Å². The van der Waals surface area contributed by atoms with E-state index < -0.39 is 16.9 Å². The fourth-order valence-corrected chi connectivity index (χ4v) is 1.71. The summed E-state index contributed by atoms with van der Waals surface area (Å²) < 4.78 is 0. The van der Waals surface area contributed by atoms with Gasteiger partial charge in [-0.25, -0.2) is 0 Å². The lowest BCUT2D eigenvalue weighted by molar-refractivity contribution is -0.384. The van der Waals surface area contributed by atoms with Gasteiger partial charge in [0.05, 0.1) is 17.6 Å². The lowest BCUT2D eigenvalue weighted by atomic mass is 10.0. The normalized spacial score (nSPS) is 12.3. The Kier molecular flexibility index (Phi) is 5.26. The molecule has 0 aliphatic heterocycles. The Hall–Kier alpha value is -1.66. The van der Waals surface area contributed by atoms with Crippen molar-refractivity contribution in [3.05, 3.63) is 38.9 Å². The molecule has 0 bridgehead atoms. The number of nitrogens with zero attached hydrogens (tertiary/aromatic N) is 1. The second kappa shape index (κ2) is 6.49. The van der Waals surface area contributed by atoms with E-state index in [9.17, 15) is 14.9 Å². The van der Waals surface area contributed by atoms with Gasteiger partial charge in [-0.15, -0.1) is 0 Å². The predicted octanol–water partition coefficient (Wildman–Crippen LogP) is 1.99. The van der Waals surface area contributed by atoms with Gasteiger partial charge in [0.25, 0.3) is 11.6 Å². The maximum absolute atomic E-state index is 11.9. The van der Waals surface area contributed by atoms with E-state index in [1.807, 2.05) is 13.8 Å². The number of benzene rings is 1. The van der Waals surface area contributed by atoms with E-state index in [0.29, 0.717) is 0 Å². The molecular weight excluding hydrogens is 272 g/mol. The molecule has 1 atom stereocenters. The number of hydrogen-bond donors (Lipinski definition) is 2. The lowest BCUT2D eigenvalue weighted by Gasteiger charge is -2.19. The van der Waals surface area contributed by atoms with Crippen molar-refractivity contribution in [1.82, 2.24) is 5.32 Å². The number of nitrogens with one attached hydrogen (secondary N) is 1. The van der Waals surface area contributed by atoms with Gasteiger partial charge in [0.2, 0.25) is 0 Å². The van der Waals surface area contributed by atoms with Crippen LogP contribution < -0.4 is 5.32 Å². The van der Waals surface area contributed by atoms with Crippen LogP contribution in [0.25, 0.3) is 0 Å². The van der Waals surface area contributed by atoms with E-state index >= 15 is 0 Å². The van der Waals surface area contributed by atoms with Crippen LogP contribution in [-0.4, -0.2) is 28.6 Å². The van der Waals surface area contributed by atoms with Gasteiger partial charge in [0.15, 0.2) is 0 Å². The first-order chi connectivity index (χ1) is 8.85. The van der Waals surface area contributed by atoms with E-state index in [1.54, 1.807) is 0 Å². The van der Waals surface area contributed by atoms with E-state index in [-0.39, 0.29) is 28.8 Å². The monoisotopic (exact) mass is 286 g/mol. The third-order valence-electron chi connectivity index (χ3n) is 2.67. The molecule has 6 nitrogen and oxygen atoms in total. The molecule has 1 rings (SSSR count). The number of carbonyl (C=O) groups excluding carboxylic acids is 1. The van der Waals surface area contributed by atoms with E-state index in [1.165, 1.54) is 12.1 Å². The van der Waals surface area contributed by atoms with Crippen molar-refractivity contribution in [3.8, 4) is 0 Å². The van der Waals surface area contributed by atoms with Crippen LogP contribution in [0.3, 0.4) is 0 Å². The highest BCUT2D eigenvalue weighted by Crippen LogP contribution is 2.21. The van der Waals surface area contributed by atoms with Gasteiger partial charge in [-0.1, -0.05) is 25.4 Å². The van der Waals surface area contributed by atoms with Crippen LogP contribution in [0.2, 0.25) is 5.02 Å². The molecule has 0 heterocycles. The summed E-state index contributed by atoms with van der Waals surface area (Å²) in [4.78, 5) is 22.0. The molecule has 7 heteroatoms. The molecule has 0 unspecified atom stereocenters. The Morgan fingerprint density at radius 2 is 2.11 bits per heavy atom. The standard InChI is InChI=1S/C12H15ClN2O4/c1-7(2)11(6-16)14-12(17)8-3-9(13)5-10(4-8)15(18)19/h3-5,7,11,16H,6H2,1-2H3,(H,14,17)/t11-/m1/s1. The van der Waals surface area contributed by atoms with Gasteiger partial charge in [-0.3, -0.25) is 14.9 Å². The third kappa shape index (κ3) is 4.18. The minimum absolute atomic E-state index is 0.0446. The quantitative estimate of drug-likeness (QED) is 0.639. The number of nitro groups is 1. The molecular formula is C12H15ClN2O4. The summed E-state index contributed by atoms with van der Waals surface area (Å²) in [7, 11) is 0. The van der Waals surface area contributed by atoms with Crippen molar-refractivity contribution in [2.45, 2.75) is 19.9 Å². The molecule has 0 saturated heterocycles. The van der Waals surface area contributed by atoms with Gasteiger partial charge < -0.3 is 10.4 Å². The van der Waals surface area contributed by atoms with E-state index in [2.05, 4.69) is 5.32 Å². The van der Waals surface area contributed by atoms with Gasteiger partial charge in [0, 0.05) is 22.7 Å². The number of hydrogen-bond acceptors (Lipinski definition) is 4. The first-order valence-electron chi connectivity index (χ1n) is 5.72. The number of halogens is 1. The number of non-ortho nitro benzene ring substituents is 1. The highest BCUT2D eigenvalue weighted by Gasteiger charge is 2.18. The van der Waals surface area contributed by atoms with Crippen LogP contribution in [0.5, 0.6) is 0 Å². The van der Waals surface area contributed by atoms with Crippen LogP contribution in [0.4, 0.5) is 5.69 Å². The number of amides is 1. The summed E-state index contributed by atoms with van der Waals surface area (Å²) in [5.74, 6) is -0.457. The maximum Gasteiger partial charge on any atom is 0.271 e. The molecule has 1 aromatic carbocycles. The Morgan fingerprint density at radius 3 is 2.58 bits per heavy atom. The van der Waals surface area contributed by atoms with Crippen molar-refractivity contribution in [3.63, 3.8) is 0 Å². The predicted molar refractivity (Wildman–Crippen MR) is 71.3 cm³/mol. The first kappa shape index (κ1) is 15.4. The Balaban J connectivity index is 2.96. The second-order valence-corrected chi connectivity index (χ2v) is 4.90. The topological polar surface area (TPSA) is 92.5 Å². The zero-order chi connectivity index (χ0) is 14.6. The molecule has 0 fully saturated rings. The molecule has 2 N–H and O–H groups in total. The smallest absolute Gasteiger partial charge is 0.271 e. The largest absolute Gasteiger partial charge is 0.394 e. The van der Waals surface area contributed by atoms with E-state index in [4.69, 9.17) is 16.7 Å². The highest BCUT2D eigenvalue weighted by atomic mass is 35.5. The zero-order valence-corrected chi connectivity index (χ0v) is 11.3. The van der Waals surface area contributed by atoms with Crippen molar-refractivity contribution < 1.29 is 14.8 Å². The summed E-state index contributed by atoms with van der Waals surface area (Å²) in [6, 6.07) is 3.25. The molecule has 1 aromatic rings. The number of aliphatic hydroxyl groups excluding tert-OH is 1. The van der Waals surface area contributed by atoms with Crippen molar-refractivity contribution >= 4 is 23.2 Å². The molecule has 0 saturated carbocycles. The Bertz CT molecular complexity index is 491. The lowest BCUT2D eigenvalue weighted by Crippen LogP contribution is -2.41. The Morgan fingerprint density at radius 1 is 1.47 bits per heavy atom. The fourth-order valence-electron chi connectivity index (χ4n) is 1.49. The molecule has 19 heavy (non-hydrogen) atoms. The average molecular weight is 287 g/mol. The average Bonchev–Trinajstić information content (AvgIpc) is 2.34. The first-order valence-corrected chi connectivity index (χ1v) is 6.09. The Labute approximate surface area is 115 Å². The molecule has 0 aromatic heterocycles. The molecule has 0 radical (unpaired) electrons. The summed E-state index contributed by atoms with van der Waals surface area (Å²) in [6.07, 6.45) is 0. The summed E-state index contributed by atoms with van der Waals surface area (Å²) in [5, 5.41) is 22.6. The molecule has 0 spiro atoms. The third-order valence-corrected chi connectivity index (χ3v) is 2.89. The SMILES string of the molecule is CC(C)[C@@H](CO)NC(=O)c1cc(Cl)cc([N+](=O)[O-])c1. The van der Waals surface area contributed by atoms with Crippen molar-refractivity contribution in [2.24, 2.45) is 5.92 Å². The molecule has 0 aliphatic carbocycles. The van der Waals surface area contributed by atoms with Crippen LogP contribution >= 0.6 is 11.6 Å². The number of nitro benzene ring substituents is 1. The minimum Gasteiger partial charge on any atom is -0.394 e. The number of rotatable bonds is 5. The van der Waals surface area contributed by atoms with Crippen LogP contribution in [0.15, 0.2) is 18.2 Å². The summed E-state index contributed by atoms with van der Waals surface area (Å²) in [5.41, 5.74) is -0.152. The summed E-state index contributed by atoms with van der Waals surface area (Å²) in [6.45, 7) is 3.50. The second-order valence-electron chi connectivity index (χ2n) is 4.46. The van der Waals surface area contributed by atoms with Crippen molar-refractivity contribution in [1.29, 1.82) is 0 Å². The molecule has 104 valence electrons. The van der Waals surface area contributed by atoms with E-state index in [0.717, 1.165) is 6.07 Å². The van der Waals surface area contributed by atoms with Crippen LogP contribution in [0.1, 0.15) is 24.2 Å². The van der Waals surface area contributed by atoms with Gasteiger partial charge in [-0.05, 0) is 12.0 Å².